The van der Waals surface area contributed by atoms with Crippen molar-refractivity contribution in [2.24, 2.45) is 0 Å². The number of hydrogen-bond donors (Lipinski definition) is 0. The van der Waals surface area contributed by atoms with E-state index in [-0.39, 0.29) is 13.2 Å². The predicted molar refractivity (Wildman–Crippen MR) is 86.1 cm³/mol. The molecule has 3 aromatic rings. The second kappa shape index (κ2) is 6.57. The van der Waals surface area contributed by atoms with Crippen LogP contribution in [0.1, 0.15) is 23.5 Å². The van der Waals surface area contributed by atoms with Crippen molar-refractivity contribution in [1.82, 2.24) is 9.97 Å². The summed E-state index contributed by atoms with van der Waals surface area (Å²) in [6.45, 7) is 0. The smallest absolute Gasteiger partial charge is 0.186 e. The molecule has 0 aliphatic rings. The molecule has 0 saturated heterocycles. The molecule has 0 atom stereocenters. The zero-order valence-electron chi connectivity index (χ0n) is 10.7. The van der Waals surface area contributed by atoms with Crippen LogP contribution >= 0.6 is 0 Å². The summed E-state index contributed by atoms with van der Waals surface area (Å²) in [5.74, 6) is -0.0534. The van der Waals surface area contributed by atoms with Crippen molar-refractivity contribution < 1.29 is 4.79 Å². The van der Waals surface area contributed by atoms with Crippen molar-refractivity contribution in [2.75, 3.05) is 0 Å². The van der Waals surface area contributed by atoms with Crippen LogP contribution in [0.15, 0.2) is 67.0 Å². The van der Waals surface area contributed by atoms with Crippen LogP contribution in [0.5, 0.6) is 0 Å². The Morgan fingerprint density at radius 2 is 1.71 bits per heavy atom. The van der Waals surface area contributed by atoms with Gasteiger partial charge in [-0.2, -0.15) is 0 Å². The number of aromatic nitrogens is 2. The largest absolute Gasteiger partial charge is 0.289 e. The molecule has 0 aliphatic carbocycles. The van der Waals surface area contributed by atoms with Crippen LogP contribution in [-0.4, -0.2) is 15.8 Å². The first-order valence-electron chi connectivity index (χ1n) is 6.31. The number of para-hydroxylation sites is 1. The lowest BCUT2D eigenvalue weighted by Gasteiger charge is -1.98. The van der Waals surface area contributed by atoms with Gasteiger partial charge in [-0.3, -0.25) is 9.78 Å². The molecule has 0 bridgehead atoms. The van der Waals surface area contributed by atoms with E-state index in [0.29, 0.717) is 5.56 Å². The molecule has 104 valence electrons. The fourth-order valence-corrected chi connectivity index (χ4v) is 1.95. The van der Waals surface area contributed by atoms with E-state index in [4.69, 9.17) is 0 Å². The van der Waals surface area contributed by atoms with Gasteiger partial charge < -0.3 is 0 Å². The minimum absolute atomic E-state index is 0. The van der Waals surface area contributed by atoms with Crippen LogP contribution in [0.4, 0.5) is 0 Å². The number of nitrogens with zero attached hydrogens (tertiary/aromatic N) is 2. The molecule has 3 heteroatoms. The van der Waals surface area contributed by atoms with Crippen molar-refractivity contribution in [3.05, 3.63) is 78.3 Å². The molecule has 0 spiro atoms. The normalized spacial score (nSPS) is 10.5. The average molecular weight is 276 g/mol. The topological polar surface area (TPSA) is 42.9 Å². The Balaban J connectivity index is 0.00000161. The number of ketones is 1. The minimum Gasteiger partial charge on any atom is -0.289 e. The first-order valence-corrected chi connectivity index (χ1v) is 6.31. The third kappa shape index (κ3) is 3.39. The van der Waals surface area contributed by atoms with Crippen molar-refractivity contribution in [3.63, 3.8) is 0 Å². The molecular formula is C18H16N2O. The molecular weight excluding hydrogens is 260 g/mol. The van der Waals surface area contributed by atoms with Gasteiger partial charge in [-0.1, -0.05) is 31.7 Å². The zero-order chi connectivity index (χ0) is 13.8. The molecule has 0 aliphatic heterocycles. The van der Waals surface area contributed by atoms with Crippen LogP contribution < -0.4 is 0 Å². The van der Waals surface area contributed by atoms with Crippen LogP contribution in [0.2, 0.25) is 0 Å². The van der Waals surface area contributed by atoms with Gasteiger partial charge in [-0.25, -0.2) is 4.98 Å². The molecule has 2 heterocycles. The average Bonchev–Trinajstić information content (AvgIpc) is 2.53. The number of benzene rings is 1. The van der Waals surface area contributed by atoms with Crippen molar-refractivity contribution in [3.8, 4) is 0 Å². The standard InChI is InChI=1S/C17H12N2O.CH4/c20-17(14-9-11-18-12-10-14)8-7-15-6-5-13-3-1-2-4-16(13)19-15;/h1-12H;1H4/b8-7+;. The fourth-order valence-electron chi connectivity index (χ4n) is 1.95. The Kier molecular flexibility index (Phi) is 4.57. The molecule has 3 nitrogen and oxygen atoms in total. The van der Waals surface area contributed by atoms with Gasteiger partial charge in [0.05, 0.1) is 11.2 Å². The molecule has 0 N–H and O–H groups in total. The number of rotatable bonds is 3. The van der Waals surface area contributed by atoms with Gasteiger partial charge in [-0.05, 0) is 36.4 Å². The second-order valence-electron chi connectivity index (χ2n) is 4.36. The number of allylic oxidation sites excluding steroid dienone is 1. The molecule has 1 aromatic carbocycles. The molecule has 3 rings (SSSR count). The van der Waals surface area contributed by atoms with E-state index in [2.05, 4.69) is 9.97 Å². The van der Waals surface area contributed by atoms with Gasteiger partial charge >= 0.3 is 0 Å². The van der Waals surface area contributed by atoms with E-state index in [9.17, 15) is 4.79 Å². The van der Waals surface area contributed by atoms with Gasteiger partial charge in [0, 0.05) is 23.3 Å². The minimum atomic E-state index is -0.0534. The third-order valence-electron chi connectivity index (χ3n) is 2.99. The lowest BCUT2D eigenvalue weighted by atomic mass is 10.1. The summed E-state index contributed by atoms with van der Waals surface area (Å²) in [5.41, 5.74) is 2.31. The highest BCUT2D eigenvalue weighted by atomic mass is 16.1. The van der Waals surface area contributed by atoms with Crippen LogP contribution in [0, 0.1) is 0 Å². The fraction of sp³-hybridized carbons (Fsp3) is 0.0556. The van der Waals surface area contributed by atoms with E-state index in [1.54, 1.807) is 30.6 Å². The summed E-state index contributed by atoms with van der Waals surface area (Å²) < 4.78 is 0. The second-order valence-corrected chi connectivity index (χ2v) is 4.36. The lowest BCUT2D eigenvalue weighted by Crippen LogP contribution is -1.94. The van der Waals surface area contributed by atoms with Crippen LogP contribution in [-0.2, 0) is 0 Å². The van der Waals surface area contributed by atoms with E-state index in [1.807, 2.05) is 36.4 Å². The molecule has 0 fully saturated rings. The number of carbonyl (C=O) groups is 1. The predicted octanol–water partition coefficient (Wildman–Crippen LogP) is 4.16. The maximum atomic E-state index is 11.9. The molecule has 0 amide bonds. The van der Waals surface area contributed by atoms with E-state index < -0.39 is 0 Å². The third-order valence-corrected chi connectivity index (χ3v) is 2.99. The molecule has 0 radical (unpaired) electrons. The zero-order valence-corrected chi connectivity index (χ0v) is 10.7. The Labute approximate surface area is 124 Å². The van der Waals surface area contributed by atoms with Crippen molar-refractivity contribution in [1.29, 1.82) is 0 Å². The number of fused-ring (bicyclic) bond motifs is 1. The van der Waals surface area contributed by atoms with Crippen LogP contribution in [0.25, 0.3) is 17.0 Å². The van der Waals surface area contributed by atoms with Gasteiger partial charge in [0.15, 0.2) is 5.78 Å². The van der Waals surface area contributed by atoms with Gasteiger partial charge in [-0.15, -0.1) is 0 Å². The summed E-state index contributed by atoms with van der Waals surface area (Å²) in [7, 11) is 0. The highest BCUT2D eigenvalue weighted by Crippen LogP contribution is 2.12. The van der Waals surface area contributed by atoms with Crippen molar-refractivity contribution in [2.45, 2.75) is 7.43 Å². The molecule has 21 heavy (non-hydrogen) atoms. The monoisotopic (exact) mass is 276 g/mol. The highest BCUT2D eigenvalue weighted by Gasteiger charge is 2.00. The first-order chi connectivity index (χ1) is 9.83. The summed E-state index contributed by atoms with van der Waals surface area (Å²) in [4.78, 5) is 20.3. The summed E-state index contributed by atoms with van der Waals surface area (Å²) >= 11 is 0. The number of pyridine rings is 2. The number of hydrogen-bond acceptors (Lipinski definition) is 3. The lowest BCUT2D eigenvalue weighted by molar-refractivity contribution is 0.104. The summed E-state index contributed by atoms with van der Waals surface area (Å²) in [6.07, 6.45) is 6.48. The Morgan fingerprint density at radius 1 is 0.952 bits per heavy atom. The Bertz CT molecular complexity index is 779. The van der Waals surface area contributed by atoms with E-state index in [1.165, 1.54) is 6.08 Å². The Morgan fingerprint density at radius 3 is 2.52 bits per heavy atom. The number of carbonyl (C=O) groups excluding carboxylic acids is 1. The van der Waals surface area contributed by atoms with Crippen LogP contribution in [0.3, 0.4) is 0 Å². The molecule has 0 unspecified atom stereocenters. The molecule has 2 aromatic heterocycles. The molecule has 0 saturated carbocycles. The van der Waals surface area contributed by atoms with Gasteiger partial charge in [0.25, 0.3) is 0 Å². The maximum absolute atomic E-state index is 11.9. The van der Waals surface area contributed by atoms with Crippen molar-refractivity contribution >= 4 is 22.8 Å². The van der Waals surface area contributed by atoms with Gasteiger partial charge in [0.1, 0.15) is 0 Å². The highest BCUT2D eigenvalue weighted by molar-refractivity contribution is 6.06. The maximum Gasteiger partial charge on any atom is 0.186 e. The van der Waals surface area contributed by atoms with E-state index >= 15 is 0 Å². The first kappa shape index (κ1) is 14.6. The summed E-state index contributed by atoms with van der Waals surface area (Å²) in [6, 6.07) is 15.2. The Hall–Kier alpha value is -2.81. The SMILES string of the molecule is C.O=C(/C=C/c1ccc2ccccc2n1)c1ccncc1. The summed E-state index contributed by atoms with van der Waals surface area (Å²) in [5, 5.41) is 1.09. The van der Waals surface area contributed by atoms with Gasteiger partial charge in [0.2, 0.25) is 0 Å². The quantitative estimate of drug-likeness (QED) is 0.533. The van der Waals surface area contributed by atoms with E-state index in [0.717, 1.165) is 16.6 Å².